The van der Waals surface area contributed by atoms with Crippen molar-refractivity contribution in [3.8, 4) is 5.40 Å². The van der Waals surface area contributed by atoms with Crippen LogP contribution in [-0.4, -0.2) is 5.75 Å². The van der Waals surface area contributed by atoms with Gasteiger partial charge in [0, 0.05) is 16.3 Å². The molecule has 0 rings (SSSR count). The van der Waals surface area contributed by atoms with Crippen LogP contribution in [0.2, 0.25) is 0 Å². The van der Waals surface area contributed by atoms with Gasteiger partial charge in [-0.15, -0.1) is 0 Å². The summed E-state index contributed by atoms with van der Waals surface area (Å²) in [6.07, 6.45) is 0. The smallest absolute Gasteiger partial charge is 0.133 e. The van der Waals surface area contributed by atoms with Gasteiger partial charge in [0.05, 0.1) is 0 Å². The molecular weight excluding hydrogens is 165 g/mol. The van der Waals surface area contributed by atoms with E-state index in [1.165, 1.54) is 5.54 Å². The van der Waals surface area contributed by atoms with Gasteiger partial charge >= 0.3 is 0 Å². The van der Waals surface area contributed by atoms with Gasteiger partial charge < -0.3 is 0 Å². The highest BCUT2D eigenvalue weighted by Gasteiger charge is 1.88. The minimum atomic E-state index is 0.474. The molecule has 0 aliphatic carbocycles. The third-order valence-corrected chi connectivity index (χ3v) is 1.75. The first kappa shape index (κ1) is 8.16. The molecule has 0 atom stereocenters. The zero-order valence-corrected chi connectivity index (χ0v) is 6.22. The number of nitriles is 1. The molecule has 0 radical (unpaired) electrons. The molecule has 0 saturated carbocycles. The molecule has 0 aromatic heterocycles. The molecule has 0 bridgehead atoms. The molecule has 0 spiro atoms. The second-order valence-corrected chi connectivity index (χ2v) is 2.40. The molecular formula is C4H3Cl2NS. The third kappa shape index (κ3) is 4.32. The van der Waals surface area contributed by atoms with Crippen LogP contribution in [0.5, 0.6) is 0 Å². The molecule has 44 valence electrons. The van der Waals surface area contributed by atoms with E-state index in [4.69, 9.17) is 28.5 Å². The Morgan fingerprint density at radius 3 is 2.88 bits per heavy atom. The normalized spacial score (nSPS) is 10.9. The Labute approximate surface area is 62.3 Å². The zero-order chi connectivity index (χ0) is 6.41. The topological polar surface area (TPSA) is 23.8 Å². The van der Waals surface area contributed by atoms with Crippen molar-refractivity contribution < 1.29 is 0 Å². The predicted molar refractivity (Wildman–Crippen MR) is 37.9 cm³/mol. The number of thiocyanates is 1. The fourth-order valence-corrected chi connectivity index (χ4v) is 0.751. The van der Waals surface area contributed by atoms with Crippen LogP contribution in [0.3, 0.4) is 0 Å². The van der Waals surface area contributed by atoms with Crippen LogP contribution in [0.25, 0.3) is 0 Å². The summed E-state index contributed by atoms with van der Waals surface area (Å²) in [6.45, 7) is 0. The summed E-state index contributed by atoms with van der Waals surface area (Å²) in [5.74, 6) is 0.474. The summed E-state index contributed by atoms with van der Waals surface area (Å²) >= 11 is 11.6. The van der Waals surface area contributed by atoms with Gasteiger partial charge in [0.25, 0.3) is 0 Å². The lowest BCUT2D eigenvalue weighted by atomic mass is 10.7. The molecule has 0 N–H and O–H groups in total. The number of thioether (sulfide) groups is 1. The average Bonchev–Trinajstić information content (AvgIpc) is 1.83. The van der Waals surface area contributed by atoms with Crippen LogP contribution >= 0.6 is 35.0 Å². The van der Waals surface area contributed by atoms with Crippen LogP contribution in [0.15, 0.2) is 10.6 Å². The van der Waals surface area contributed by atoms with Crippen LogP contribution < -0.4 is 0 Å². The first-order valence-corrected chi connectivity index (χ1v) is 3.57. The number of rotatable bonds is 2. The van der Waals surface area contributed by atoms with Gasteiger partial charge in [-0.05, 0) is 11.8 Å². The van der Waals surface area contributed by atoms with E-state index in [-0.39, 0.29) is 0 Å². The third-order valence-electron chi connectivity index (χ3n) is 0.393. The number of halogens is 2. The van der Waals surface area contributed by atoms with E-state index < -0.39 is 0 Å². The summed E-state index contributed by atoms with van der Waals surface area (Å²) in [7, 11) is 0. The van der Waals surface area contributed by atoms with Crippen molar-refractivity contribution in [2.24, 2.45) is 0 Å². The quantitative estimate of drug-likeness (QED) is 0.591. The number of hydrogen-bond acceptors (Lipinski definition) is 2. The summed E-state index contributed by atoms with van der Waals surface area (Å²) in [5, 5.41) is 10.4. The second kappa shape index (κ2) is 5.30. The Morgan fingerprint density at radius 2 is 2.50 bits per heavy atom. The van der Waals surface area contributed by atoms with Gasteiger partial charge in [-0.25, -0.2) is 0 Å². The Bertz CT molecular complexity index is 126. The van der Waals surface area contributed by atoms with Crippen molar-refractivity contribution >= 4 is 35.0 Å². The SMILES string of the molecule is N#CSCC(Cl)=CCl. The van der Waals surface area contributed by atoms with Crippen LogP contribution in [0.1, 0.15) is 0 Å². The van der Waals surface area contributed by atoms with Gasteiger partial charge in [-0.2, -0.15) is 5.26 Å². The highest BCUT2D eigenvalue weighted by Crippen LogP contribution is 2.10. The molecule has 0 saturated heterocycles. The molecule has 0 heterocycles. The Balaban J connectivity index is 3.29. The van der Waals surface area contributed by atoms with Crippen LogP contribution in [0.4, 0.5) is 0 Å². The molecule has 4 heteroatoms. The summed E-state index contributed by atoms with van der Waals surface area (Å²) in [6, 6.07) is 0. The van der Waals surface area contributed by atoms with Gasteiger partial charge in [-0.1, -0.05) is 23.2 Å². The van der Waals surface area contributed by atoms with E-state index in [1.54, 1.807) is 0 Å². The minimum Gasteiger partial charge on any atom is -0.185 e. The van der Waals surface area contributed by atoms with Crippen molar-refractivity contribution in [2.75, 3.05) is 5.75 Å². The van der Waals surface area contributed by atoms with Crippen molar-refractivity contribution in [2.45, 2.75) is 0 Å². The lowest BCUT2D eigenvalue weighted by Gasteiger charge is -1.84. The Hall–Kier alpha value is 0.160. The maximum absolute atomic E-state index is 7.99. The fourth-order valence-electron chi connectivity index (χ4n) is 0.133. The fraction of sp³-hybridized carbons (Fsp3) is 0.250. The largest absolute Gasteiger partial charge is 0.185 e. The molecule has 0 aliphatic rings. The Morgan fingerprint density at radius 1 is 1.88 bits per heavy atom. The van der Waals surface area contributed by atoms with E-state index in [0.29, 0.717) is 10.8 Å². The average molecular weight is 168 g/mol. The van der Waals surface area contributed by atoms with Crippen LogP contribution in [-0.2, 0) is 0 Å². The van der Waals surface area contributed by atoms with Gasteiger partial charge in [0.1, 0.15) is 5.40 Å². The van der Waals surface area contributed by atoms with E-state index in [2.05, 4.69) is 0 Å². The number of nitrogens with zero attached hydrogens (tertiary/aromatic N) is 1. The molecule has 0 amide bonds. The highest BCUT2D eigenvalue weighted by atomic mass is 35.5. The summed E-state index contributed by atoms with van der Waals surface area (Å²) in [4.78, 5) is 0. The second-order valence-electron chi connectivity index (χ2n) is 0.936. The van der Waals surface area contributed by atoms with E-state index in [0.717, 1.165) is 11.8 Å². The maximum atomic E-state index is 7.99. The molecule has 1 nitrogen and oxygen atoms in total. The maximum Gasteiger partial charge on any atom is 0.133 e. The van der Waals surface area contributed by atoms with E-state index in [1.807, 2.05) is 5.40 Å². The summed E-state index contributed by atoms with van der Waals surface area (Å²) in [5.41, 5.74) is 1.26. The van der Waals surface area contributed by atoms with Gasteiger partial charge in [0.2, 0.25) is 0 Å². The van der Waals surface area contributed by atoms with Crippen molar-refractivity contribution in [1.29, 1.82) is 5.26 Å². The lowest BCUT2D eigenvalue weighted by molar-refractivity contribution is 1.56. The molecule has 0 aliphatic heterocycles. The molecule has 0 aromatic rings. The van der Waals surface area contributed by atoms with Gasteiger partial charge in [-0.3, -0.25) is 0 Å². The molecule has 0 unspecified atom stereocenters. The first-order chi connectivity index (χ1) is 3.81. The predicted octanol–water partition coefficient (Wildman–Crippen LogP) is 2.52. The van der Waals surface area contributed by atoms with Crippen molar-refractivity contribution in [3.05, 3.63) is 10.6 Å². The zero-order valence-electron chi connectivity index (χ0n) is 3.90. The van der Waals surface area contributed by atoms with E-state index >= 15 is 0 Å². The van der Waals surface area contributed by atoms with Crippen LogP contribution in [0, 0.1) is 10.7 Å². The monoisotopic (exact) mass is 167 g/mol. The lowest BCUT2D eigenvalue weighted by Crippen LogP contribution is -1.70. The Kier molecular flexibility index (Phi) is 5.41. The minimum absolute atomic E-state index is 0.474. The van der Waals surface area contributed by atoms with E-state index in [9.17, 15) is 0 Å². The van der Waals surface area contributed by atoms with Gasteiger partial charge in [0.15, 0.2) is 0 Å². The van der Waals surface area contributed by atoms with Crippen molar-refractivity contribution in [3.63, 3.8) is 0 Å². The molecule has 0 fully saturated rings. The first-order valence-electron chi connectivity index (χ1n) is 1.77. The molecule has 8 heavy (non-hydrogen) atoms. The summed E-state index contributed by atoms with van der Waals surface area (Å²) < 4.78 is 0. The van der Waals surface area contributed by atoms with Crippen molar-refractivity contribution in [1.82, 2.24) is 0 Å². The number of hydrogen-bond donors (Lipinski definition) is 0. The standard InChI is InChI=1S/C4H3Cl2NS/c5-1-4(6)2-8-3-7/h1H,2H2. The molecule has 0 aromatic carbocycles. The highest BCUT2D eigenvalue weighted by molar-refractivity contribution is 8.03.